The molecule has 23 heavy (non-hydrogen) atoms. The summed E-state index contributed by atoms with van der Waals surface area (Å²) in [5.41, 5.74) is 1.84. The maximum absolute atomic E-state index is 12.3. The molecule has 3 nitrogen and oxygen atoms in total. The van der Waals surface area contributed by atoms with Crippen molar-refractivity contribution in [2.24, 2.45) is 5.92 Å². The Bertz CT molecular complexity index is 609. The van der Waals surface area contributed by atoms with E-state index in [1.165, 1.54) is 0 Å². The van der Waals surface area contributed by atoms with Gasteiger partial charge in [-0.05, 0) is 30.2 Å². The van der Waals surface area contributed by atoms with Gasteiger partial charge in [-0.1, -0.05) is 58.1 Å². The van der Waals surface area contributed by atoms with Crippen LogP contribution in [0.25, 0.3) is 0 Å². The summed E-state index contributed by atoms with van der Waals surface area (Å²) in [5.74, 6) is 0.308. The van der Waals surface area contributed by atoms with Gasteiger partial charge in [-0.2, -0.15) is 0 Å². The molecule has 0 saturated heterocycles. The van der Waals surface area contributed by atoms with Gasteiger partial charge >= 0.3 is 0 Å². The number of allylic oxidation sites excluding steroid dienone is 4. The lowest BCUT2D eigenvalue weighted by molar-refractivity contribution is 0.0962. The van der Waals surface area contributed by atoms with Crippen molar-refractivity contribution in [1.29, 1.82) is 0 Å². The molecule has 0 aromatic heterocycles. The molecule has 0 heterocycles. The second-order valence-electron chi connectivity index (χ2n) is 5.41. The van der Waals surface area contributed by atoms with Crippen LogP contribution in [0.5, 0.6) is 0 Å². The summed E-state index contributed by atoms with van der Waals surface area (Å²) in [5, 5.41) is 2.86. The zero-order valence-electron chi connectivity index (χ0n) is 14.1. The van der Waals surface area contributed by atoms with Crippen molar-refractivity contribution in [1.82, 2.24) is 5.32 Å². The van der Waals surface area contributed by atoms with E-state index in [4.69, 9.17) is 0 Å². The molecule has 0 spiro atoms. The van der Waals surface area contributed by atoms with Crippen molar-refractivity contribution in [2.45, 2.75) is 33.6 Å². The van der Waals surface area contributed by atoms with E-state index < -0.39 is 0 Å². The first kappa shape index (κ1) is 18.6. The molecule has 0 radical (unpaired) electrons. The first-order chi connectivity index (χ1) is 11.0. The van der Waals surface area contributed by atoms with Gasteiger partial charge in [0.05, 0.1) is 0 Å². The Morgan fingerprint density at radius 3 is 2.30 bits per heavy atom. The molecule has 1 aromatic carbocycles. The minimum atomic E-state index is -0.206. The predicted molar refractivity (Wildman–Crippen MR) is 95.4 cm³/mol. The first-order valence-electron chi connectivity index (χ1n) is 7.97. The zero-order valence-corrected chi connectivity index (χ0v) is 14.1. The SMILES string of the molecule is C=C/C=C(\C=C/C(C)CC)NC(=O)c1ccc(C(=O)CC)cc1. The Morgan fingerprint density at radius 2 is 1.78 bits per heavy atom. The summed E-state index contributed by atoms with van der Waals surface area (Å²) < 4.78 is 0. The monoisotopic (exact) mass is 311 g/mol. The maximum Gasteiger partial charge on any atom is 0.255 e. The van der Waals surface area contributed by atoms with Crippen LogP contribution >= 0.6 is 0 Å². The molecule has 0 bridgehead atoms. The first-order valence-corrected chi connectivity index (χ1v) is 7.97. The number of carbonyl (C=O) groups is 2. The standard InChI is InChI=1S/C20H25NO2/c1-5-8-18(14-9-15(4)6-2)21-20(23)17-12-10-16(11-13-17)19(22)7-3/h5,8-15H,1,6-7H2,2-4H3,(H,21,23)/b14-9-,18-8+. The molecule has 0 aliphatic heterocycles. The number of amides is 1. The summed E-state index contributed by atoms with van der Waals surface area (Å²) in [4.78, 5) is 23.9. The van der Waals surface area contributed by atoms with Crippen molar-refractivity contribution in [3.05, 3.63) is 72.0 Å². The average Bonchev–Trinajstić information content (AvgIpc) is 2.58. The number of hydrogen-bond acceptors (Lipinski definition) is 2. The Morgan fingerprint density at radius 1 is 1.17 bits per heavy atom. The zero-order chi connectivity index (χ0) is 17.2. The highest BCUT2D eigenvalue weighted by atomic mass is 16.1. The van der Waals surface area contributed by atoms with Crippen molar-refractivity contribution < 1.29 is 9.59 Å². The van der Waals surface area contributed by atoms with E-state index in [2.05, 4.69) is 31.8 Å². The number of nitrogens with one attached hydrogen (secondary N) is 1. The van der Waals surface area contributed by atoms with E-state index in [9.17, 15) is 9.59 Å². The van der Waals surface area contributed by atoms with Crippen LogP contribution in [0.15, 0.2) is 60.8 Å². The summed E-state index contributed by atoms with van der Waals surface area (Å²) in [6, 6.07) is 6.71. The van der Waals surface area contributed by atoms with Gasteiger partial charge in [-0.15, -0.1) is 0 Å². The lowest BCUT2D eigenvalue weighted by atomic mass is 10.1. The fraction of sp³-hybridized carbons (Fsp3) is 0.300. The lowest BCUT2D eigenvalue weighted by Crippen LogP contribution is -2.22. The smallest absolute Gasteiger partial charge is 0.255 e. The summed E-state index contributed by atoms with van der Waals surface area (Å²) >= 11 is 0. The minimum absolute atomic E-state index is 0.0701. The molecule has 0 aliphatic rings. The minimum Gasteiger partial charge on any atom is -0.322 e. The fourth-order valence-corrected chi connectivity index (χ4v) is 1.88. The van der Waals surface area contributed by atoms with Gasteiger partial charge in [-0.3, -0.25) is 9.59 Å². The molecule has 0 saturated carbocycles. The quantitative estimate of drug-likeness (QED) is 0.559. The molecule has 1 unspecified atom stereocenters. The number of ketones is 1. The molecule has 1 aromatic rings. The van der Waals surface area contributed by atoms with E-state index in [1.807, 2.05) is 13.0 Å². The third kappa shape index (κ3) is 6.07. The van der Waals surface area contributed by atoms with Gasteiger partial charge in [0.2, 0.25) is 0 Å². The summed E-state index contributed by atoms with van der Waals surface area (Å²) in [6.45, 7) is 9.72. The van der Waals surface area contributed by atoms with Gasteiger partial charge in [0, 0.05) is 23.2 Å². The highest BCUT2D eigenvalue weighted by Gasteiger charge is 2.08. The van der Waals surface area contributed by atoms with Crippen molar-refractivity contribution in [2.75, 3.05) is 0 Å². The number of rotatable bonds is 8. The van der Waals surface area contributed by atoms with Crippen LogP contribution in [0, 0.1) is 5.92 Å². The number of hydrogen-bond donors (Lipinski definition) is 1. The number of benzene rings is 1. The molecular weight excluding hydrogens is 286 g/mol. The molecule has 122 valence electrons. The van der Waals surface area contributed by atoms with E-state index in [1.54, 1.807) is 36.4 Å². The highest BCUT2D eigenvalue weighted by Crippen LogP contribution is 2.09. The van der Waals surface area contributed by atoms with Crippen LogP contribution < -0.4 is 5.32 Å². The van der Waals surface area contributed by atoms with E-state index >= 15 is 0 Å². The largest absolute Gasteiger partial charge is 0.322 e. The van der Waals surface area contributed by atoms with Crippen LogP contribution in [-0.4, -0.2) is 11.7 Å². The Hall–Kier alpha value is -2.42. The van der Waals surface area contributed by atoms with Crippen LogP contribution in [0.4, 0.5) is 0 Å². The van der Waals surface area contributed by atoms with Crippen LogP contribution in [0.2, 0.25) is 0 Å². The van der Waals surface area contributed by atoms with E-state index in [0.29, 0.717) is 29.2 Å². The summed E-state index contributed by atoms with van der Waals surface area (Å²) in [7, 11) is 0. The van der Waals surface area contributed by atoms with Gasteiger partial charge in [0.25, 0.3) is 5.91 Å². The molecule has 0 aliphatic carbocycles. The predicted octanol–water partition coefficient (Wildman–Crippen LogP) is 4.68. The van der Waals surface area contributed by atoms with Crippen LogP contribution in [-0.2, 0) is 0 Å². The number of Topliss-reactive ketones (excluding diaryl/α,β-unsaturated/α-hetero) is 1. The summed E-state index contributed by atoms with van der Waals surface area (Å²) in [6.07, 6.45) is 8.84. The topological polar surface area (TPSA) is 46.2 Å². The molecule has 3 heteroatoms. The Balaban J connectivity index is 2.83. The number of carbonyl (C=O) groups excluding carboxylic acids is 2. The highest BCUT2D eigenvalue weighted by molar-refractivity contribution is 5.99. The van der Waals surface area contributed by atoms with Gasteiger partial charge in [0.15, 0.2) is 5.78 Å². The van der Waals surface area contributed by atoms with Gasteiger partial charge in [-0.25, -0.2) is 0 Å². The molecule has 0 fully saturated rings. The van der Waals surface area contributed by atoms with Crippen molar-refractivity contribution in [3.63, 3.8) is 0 Å². The third-order valence-electron chi connectivity index (χ3n) is 3.59. The normalized spacial score (nSPS) is 12.9. The van der Waals surface area contributed by atoms with Crippen molar-refractivity contribution in [3.8, 4) is 0 Å². The Kier molecular flexibility index (Phi) is 7.75. The molecule has 1 atom stereocenters. The third-order valence-corrected chi connectivity index (χ3v) is 3.59. The maximum atomic E-state index is 12.3. The van der Waals surface area contributed by atoms with Gasteiger partial charge < -0.3 is 5.32 Å². The van der Waals surface area contributed by atoms with Gasteiger partial charge in [0.1, 0.15) is 0 Å². The molecular formula is C20H25NO2. The van der Waals surface area contributed by atoms with E-state index in [-0.39, 0.29) is 11.7 Å². The molecule has 1 amide bonds. The van der Waals surface area contributed by atoms with Crippen LogP contribution in [0.1, 0.15) is 54.3 Å². The second kappa shape index (κ2) is 9.57. The molecule has 1 N–H and O–H groups in total. The molecule has 1 rings (SSSR count). The average molecular weight is 311 g/mol. The fourth-order valence-electron chi connectivity index (χ4n) is 1.88. The second-order valence-corrected chi connectivity index (χ2v) is 5.41. The Labute approximate surface area is 138 Å². The lowest BCUT2D eigenvalue weighted by Gasteiger charge is -2.08. The van der Waals surface area contributed by atoms with E-state index in [0.717, 1.165) is 6.42 Å². The van der Waals surface area contributed by atoms with Crippen LogP contribution in [0.3, 0.4) is 0 Å². The van der Waals surface area contributed by atoms with Crippen molar-refractivity contribution >= 4 is 11.7 Å².